The lowest BCUT2D eigenvalue weighted by Gasteiger charge is -2.39. The lowest BCUT2D eigenvalue weighted by Crippen LogP contribution is -2.44. The molecule has 0 bridgehead atoms. The van der Waals surface area contributed by atoms with Crippen molar-refractivity contribution < 1.29 is 33.0 Å². The molecule has 1 aliphatic rings. The van der Waals surface area contributed by atoms with E-state index >= 15 is 0 Å². The first-order chi connectivity index (χ1) is 14.4. The second-order valence-electron chi connectivity index (χ2n) is 7.72. The zero-order valence-electron chi connectivity index (χ0n) is 17.9. The molecule has 1 fully saturated rings. The third-order valence-electron chi connectivity index (χ3n) is 5.20. The van der Waals surface area contributed by atoms with E-state index < -0.39 is 21.8 Å². The van der Waals surface area contributed by atoms with Gasteiger partial charge in [0.2, 0.25) is 5.88 Å². The van der Waals surface area contributed by atoms with Crippen LogP contribution in [0.4, 0.5) is 0 Å². The molecule has 3 rings (SSSR count). The Kier molecular flexibility index (Phi) is 8.38. The van der Waals surface area contributed by atoms with Crippen LogP contribution >= 0.6 is 0 Å². The molecule has 0 saturated carbocycles. The predicted octanol–water partition coefficient (Wildman–Crippen LogP) is 1.63. The molecule has 1 saturated heterocycles. The van der Waals surface area contributed by atoms with Crippen LogP contribution < -0.4 is 4.74 Å². The number of aryl methyl sites for hydroxylation is 1. The maximum absolute atomic E-state index is 10.9. The summed E-state index contributed by atoms with van der Waals surface area (Å²) in [5.41, 5.74) is 1.45. The molecular formula is C21H30N2O7S. The van der Waals surface area contributed by atoms with Crippen molar-refractivity contribution in [2.45, 2.75) is 31.5 Å². The van der Waals surface area contributed by atoms with Crippen molar-refractivity contribution in [1.29, 1.82) is 0 Å². The zero-order chi connectivity index (χ0) is 23.2. The van der Waals surface area contributed by atoms with Crippen molar-refractivity contribution in [2.24, 2.45) is 0 Å². The summed E-state index contributed by atoms with van der Waals surface area (Å²) in [6.07, 6.45) is 2.93. The van der Waals surface area contributed by atoms with Gasteiger partial charge in [-0.1, -0.05) is 6.07 Å². The minimum absolute atomic E-state index is 0.233. The highest BCUT2D eigenvalue weighted by Crippen LogP contribution is 2.33. The van der Waals surface area contributed by atoms with E-state index in [1.54, 1.807) is 31.5 Å². The third kappa shape index (κ3) is 7.75. The van der Waals surface area contributed by atoms with Crippen molar-refractivity contribution in [3.05, 3.63) is 53.2 Å². The Balaban J connectivity index is 0.000000614. The molecule has 0 spiro atoms. The summed E-state index contributed by atoms with van der Waals surface area (Å²) in [5.74, 6) is 0.763. The van der Waals surface area contributed by atoms with Crippen molar-refractivity contribution in [3.8, 4) is 11.6 Å². The molecule has 1 unspecified atom stereocenters. The first kappa shape index (κ1) is 25.0. The normalized spacial score (nSPS) is 17.4. The van der Waals surface area contributed by atoms with Gasteiger partial charge in [-0.15, -0.1) is 0 Å². The predicted molar refractivity (Wildman–Crippen MR) is 116 cm³/mol. The Morgan fingerprint density at radius 1 is 1.23 bits per heavy atom. The molecule has 1 aromatic heterocycles. The van der Waals surface area contributed by atoms with Crippen molar-refractivity contribution in [2.75, 3.05) is 33.0 Å². The Hall–Kier alpha value is -2.24. The van der Waals surface area contributed by atoms with Gasteiger partial charge in [0.25, 0.3) is 10.1 Å². The fraction of sp³-hybridized carbons (Fsp3) is 0.476. The summed E-state index contributed by atoms with van der Waals surface area (Å²) in [6, 6.07) is 8.78. The number of β-amino-alcohol motifs (C(OH)–C–C–N with tert-alkyl or cyclic N) is 1. The summed E-state index contributed by atoms with van der Waals surface area (Å²) >= 11 is 0. The fourth-order valence-electron chi connectivity index (χ4n) is 3.41. The Bertz CT molecular complexity index is 948. The molecule has 0 radical (unpaired) electrons. The van der Waals surface area contributed by atoms with Crippen LogP contribution in [0.5, 0.6) is 11.6 Å². The standard InChI is InChI=1S/C20H26N2O4.CH4O3S/c1-14-11-15(3-5-17(14)23)18(24)13-22-9-7-20(25,8-10-22)16-4-6-19(26-2)21-12-16;1-5(2,3)4/h3-6,11-12,18,23-25H,7-10,13H2,1-2H3;1H3,(H,2,3,4). The minimum atomic E-state index is -3.67. The van der Waals surface area contributed by atoms with Gasteiger partial charge >= 0.3 is 0 Å². The van der Waals surface area contributed by atoms with Crippen LogP contribution in [0.3, 0.4) is 0 Å². The summed E-state index contributed by atoms with van der Waals surface area (Å²) in [7, 11) is -2.10. The average Bonchev–Trinajstić information content (AvgIpc) is 2.70. The van der Waals surface area contributed by atoms with E-state index in [0.29, 0.717) is 44.6 Å². The van der Waals surface area contributed by atoms with Crippen molar-refractivity contribution in [3.63, 3.8) is 0 Å². The molecule has 31 heavy (non-hydrogen) atoms. The van der Waals surface area contributed by atoms with Gasteiger partial charge in [-0.2, -0.15) is 8.42 Å². The molecule has 2 aromatic rings. The lowest BCUT2D eigenvalue weighted by atomic mass is 9.85. The van der Waals surface area contributed by atoms with Crippen LogP contribution in [-0.2, 0) is 15.7 Å². The zero-order valence-corrected chi connectivity index (χ0v) is 18.7. The Morgan fingerprint density at radius 3 is 2.32 bits per heavy atom. The smallest absolute Gasteiger partial charge is 0.261 e. The van der Waals surface area contributed by atoms with Gasteiger partial charge < -0.3 is 25.0 Å². The second-order valence-corrected chi connectivity index (χ2v) is 9.18. The van der Waals surface area contributed by atoms with Crippen LogP contribution in [0, 0.1) is 6.92 Å². The number of ether oxygens (including phenoxy) is 1. The largest absolute Gasteiger partial charge is 0.508 e. The van der Waals surface area contributed by atoms with Crippen molar-refractivity contribution in [1.82, 2.24) is 9.88 Å². The number of piperidine rings is 1. The van der Waals surface area contributed by atoms with E-state index in [9.17, 15) is 23.7 Å². The maximum Gasteiger partial charge on any atom is 0.261 e. The van der Waals surface area contributed by atoms with Crippen LogP contribution in [0.25, 0.3) is 0 Å². The lowest BCUT2D eigenvalue weighted by molar-refractivity contribution is -0.0347. The van der Waals surface area contributed by atoms with Gasteiger partial charge in [0.05, 0.1) is 25.1 Å². The van der Waals surface area contributed by atoms with Crippen LogP contribution in [0.15, 0.2) is 36.5 Å². The summed E-state index contributed by atoms with van der Waals surface area (Å²) < 4.78 is 30.9. The molecule has 4 N–H and O–H groups in total. The van der Waals surface area contributed by atoms with E-state index in [-0.39, 0.29) is 5.75 Å². The number of aromatic nitrogens is 1. The number of hydrogen-bond donors (Lipinski definition) is 4. The third-order valence-corrected chi connectivity index (χ3v) is 5.20. The first-order valence-electron chi connectivity index (χ1n) is 9.76. The van der Waals surface area contributed by atoms with Crippen LogP contribution in [-0.4, -0.2) is 71.2 Å². The number of phenolic OH excluding ortho intramolecular Hbond substituents is 1. The molecule has 1 atom stereocenters. The van der Waals surface area contributed by atoms with Crippen LogP contribution in [0.1, 0.15) is 35.6 Å². The monoisotopic (exact) mass is 454 g/mol. The highest BCUT2D eigenvalue weighted by atomic mass is 32.2. The number of nitrogens with zero attached hydrogens (tertiary/aromatic N) is 2. The molecular weight excluding hydrogens is 424 g/mol. The first-order valence-corrected chi connectivity index (χ1v) is 11.6. The maximum atomic E-state index is 10.9. The number of likely N-dealkylation sites (tertiary alicyclic amines) is 1. The number of benzene rings is 1. The van der Waals surface area contributed by atoms with E-state index in [0.717, 1.165) is 16.7 Å². The number of methoxy groups -OCH3 is 1. The van der Waals surface area contributed by atoms with Crippen molar-refractivity contribution >= 4 is 10.1 Å². The van der Waals surface area contributed by atoms with Crippen LogP contribution in [0.2, 0.25) is 0 Å². The van der Waals surface area contributed by atoms with E-state index in [4.69, 9.17) is 9.29 Å². The molecule has 2 heterocycles. The quantitative estimate of drug-likeness (QED) is 0.496. The molecule has 0 amide bonds. The second kappa shape index (κ2) is 10.4. The number of aliphatic hydroxyl groups is 2. The fourth-order valence-corrected chi connectivity index (χ4v) is 3.41. The minimum Gasteiger partial charge on any atom is -0.508 e. The van der Waals surface area contributed by atoms with Gasteiger partial charge in [0, 0.05) is 37.5 Å². The highest BCUT2D eigenvalue weighted by Gasteiger charge is 2.34. The molecule has 1 aromatic carbocycles. The van der Waals surface area contributed by atoms with Gasteiger partial charge in [-0.3, -0.25) is 4.55 Å². The van der Waals surface area contributed by atoms with E-state index in [2.05, 4.69) is 9.88 Å². The number of hydrogen-bond acceptors (Lipinski definition) is 8. The SMILES string of the molecule is COc1ccc(C2(O)CCN(CC(O)c3ccc(O)c(C)c3)CC2)cn1.CS(=O)(=O)O. The van der Waals surface area contributed by atoms with E-state index in [1.807, 2.05) is 19.1 Å². The average molecular weight is 455 g/mol. The summed E-state index contributed by atoms with van der Waals surface area (Å²) in [6.45, 7) is 3.70. The number of phenols is 1. The van der Waals surface area contributed by atoms with Gasteiger partial charge in [0.1, 0.15) is 5.75 Å². The highest BCUT2D eigenvalue weighted by molar-refractivity contribution is 7.85. The number of pyridine rings is 1. The van der Waals surface area contributed by atoms with E-state index in [1.165, 1.54) is 0 Å². The molecule has 1 aliphatic heterocycles. The van der Waals surface area contributed by atoms with Gasteiger partial charge in [-0.25, -0.2) is 4.98 Å². The Morgan fingerprint density at radius 2 is 1.84 bits per heavy atom. The molecule has 0 aliphatic carbocycles. The number of rotatable bonds is 5. The Labute approximate surface area is 182 Å². The molecule has 172 valence electrons. The van der Waals surface area contributed by atoms with Gasteiger partial charge in [0.15, 0.2) is 0 Å². The number of aromatic hydroxyl groups is 1. The summed E-state index contributed by atoms with van der Waals surface area (Å²) in [5, 5.41) is 31.0. The number of aliphatic hydroxyl groups excluding tert-OH is 1. The molecule has 10 heteroatoms. The topological polar surface area (TPSA) is 140 Å². The van der Waals surface area contributed by atoms with Gasteiger partial charge in [-0.05, 0) is 49.1 Å². The molecule has 9 nitrogen and oxygen atoms in total. The summed E-state index contributed by atoms with van der Waals surface area (Å²) in [4.78, 5) is 6.33.